The van der Waals surface area contributed by atoms with Crippen LogP contribution in [0.15, 0.2) is 55.0 Å². The minimum absolute atomic E-state index is 0.210. The first-order chi connectivity index (χ1) is 8.81. The number of rotatable bonds is 3. The minimum Gasteiger partial charge on any atom is -0.380 e. The topological polar surface area (TPSA) is 29.3 Å². The number of anilines is 1. The van der Waals surface area contributed by atoms with Gasteiger partial charge in [0.25, 0.3) is 0 Å². The van der Waals surface area contributed by atoms with Crippen LogP contribution in [0.25, 0.3) is 5.65 Å². The second-order valence-corrected chi connectivity index (χ2v) is 4.09. The highest BCUT2D eigenvalue weighted by atomic mass is 19.1. The Labute approximate surface area is 104 Å². The van der Waals surface area contributed by atoms with E-state index in [2.05, 4.69) is 10.3 Å². The maximum absolute atomic E-state index is 12.8. The van der Waals surface area contributed by atoms with Gasteiger partial charge in [0.05, 0.1) is 5.69 Å². The van der Waals surface area contributed by atoms with Crippen molar-refractivity contribution in [3.05, 3.63) is 66.4 Å². The Hall–Kier alpha value is -2.36. The minimum atomic E-state index is -0.210. The van der Waals surface area contributed by atoms with Crippen LogP contribution in [0.2, 0.25) is 0 Å². The fourth-order valence-electron chi connectivity index (χ4n) is 1.83. The molecule has 2 aromatic heterocycles. The second kappa shape index (κ2) is 4.49. The molecule has 90 valence electrons. The van der Waals surface area contributed by atoms with E-state index in [0.717, 1.165) is 16.9 Å². The van der Waals surface area contributed by atoms with Crippen LogP contribution in [0.3, 0.4) is 0 Å². The van der Waals surface area contributed by atoms with E-state index in [1.165, 1.54) is 12.1 Å². The number of pyridine rings is 1. The van der Waals surface area contributed by atoms with Crippen molar-refractivity contribution in [3.8, 4) is 0 Å². The van der Waals surface area contributed by atoms with Crippen LogP contribution in [-0.4, -0.2) is 9.38 Å². The lowest BCUT2D eigenvalue weighted by Crippen LogP contribution is -2.00. The van der Waals surface area contributed by atoms with Crippen LogP contribution in [0.5, 0.6) is 0 Å². The summed E-state index contributed by atoms with van der Waals surface area (Å²) >= 11 is 0. The van der Waals surface area contributed by atoms with Gasteiger partial charge in [0.1, 0.15) is 11.5 Å². The third-order valence-corrected chi connectivity index (χ3v) is 2.80. The predicted octanol–water partition coefficient (Wildman–Crippen LogP) is 3.09. The summed E-state index contributed by atoms with van der Waals surface area (Å²) in [4.78, 5) is 4.18. The van der Waals surface area contributed by atoms with Gasteiger partial charge in [-0.05, 0) is 29.8 Å². The van der Waals surface area contributed by atoms with Crippen LogP contribution in [0.1, 0.15) is 5.56 Å². The van der Waals surface area contributed by atoms with E-state index in [9.17, 15) is 4.39 Å². The number of nitrogens with one attached hydrogen (secondary N) is 1. The van der Waals surface area contributed by atoms with E-state index in [4.69, 9.17) is 0 Å². The zero-order chi connectivity index (χ0) is 12.4. The molecule has 0 atom stereocenters. The van der Waals surface area contributed by atoms with Crippen molar-refractivity contribution in [3.63, 3.8) is 0 Å². The normalized spacial score (nSPS) is 10.7. The molecule has 0 aliphatic rings. The highest BCUT2D eigenvalue weighted by Gasteiger charge is 1.97. The van der Waals surface area contributed by atoms with Crippen molar-refractivity contribution in [1.82, 2.24) is 9.38 Å². The SMILES string of the molecule is Fc1ccc(CNc2ccc3nccn3c2)cc1. The maximum atomic E-state index is 12.8. The van der Waals surface area contributed by atoms with Crippen LogP contribution < -0.4 is 5.32 Å². The Balaban J connectivity index is 1.74. The van der Waals surface area contributed by atoms with Crippen molar-refractivity contribution in [2.75, 3.05) is 5.32 Å². The van der Waals surface area contributed by atoms with Gasteiger partial charge in [-0.1, -0.05) is 12.1 Å². The summed E-state index contributed by atoms with van der Waals surface area (Å²) in [6.07, 6.45) is 5.64. The molecular weight excluding hydrogens is 229 g/mol. The van der Waals surface area contributed by atoms with Gasteiger partial charge in [0, 0.05) is 25.1 Å². The zero-order valence-corrected chi connectivity index (χ0v) is 9.68. The molecule has 3 aromatic rings. The molecule has 3 nitrogen and oxygen atoms in total. The lowest BCUT2D eigenvalue weighted by atomic mass is 10.2. The van der Waals surface area contributed by atoms with E-state index in [1.54, 1.807) is 18.3 Å². The van der Waals surface area contributed by atoms with Gasteiger partial charge in [-0.3, -0.25) is 0 Å². The highest BCUT2D eigenvalue weighted by Crippen LogP contribution is 2.11. The number of benzene rings is 1. The summed E-state index contributed by atoms with van der Waals surface area (Å²) < 4.78 is 14.7. The molecule has 1 aromatic carbocycles. The largest absolute Gasteiger partial charge is 0.380 e. The third-order valence-electron chi connectivity index (χ3n) is 2.80. The number of halogens is 1. The molecule has 0 radical (unpaired) electrons. The van der Waals surface area contributed by atoms with Gasteiger partial charge in [-0.2, -0.15) is 0 Å². The molecule has 0 unspecified atom stereocenters. The van der Waals surface area contributed by atoms with Crippen LogP contribution in [0, 0.1) is 5.82 Å². The predicted molar refractivity (Wildman–Crippen MR) is 68.9 cm³/mol. The van der Waals surface area contributed by atoms with Crippen molar-refractivity contribution in [2.24, 2.45) is 0 Å². The third kappa shape index (κ3) is 2.18. The summed E-state index contributed by atoms with van der Waals surface area (Å²) in [5.41, 5.74) is 2.97. The molecule has 2 heterocycles. The van der Waals surface area contributed by atoms with E-state index in [0.29, 0.717) is 6.54 Å². The van der Waals surface area contributed by atoms with Gasteiger partial charge in [0.2, 0.25) is 0 Å². The summed E-state index contributed by atoms with van der Waals surface area (Å²) in [5.74, 6) is -0.210. The fourth-order valence-corrected chi connectivity index (χ4v) is 1.83. The molecule has 0 fully saturated rings. The van der Waals surface area contributed by atoms with Crippen LogP contribution >= 0.6 is 0 Å². The van der Waals surface area contributed by atoms with E-state index in [1.807, 2.05) is 28.9 Å². The molecule has 0 saturated carbocycles. The first kappa shape index (κ1) is 10.8. The summed E-state index contributed by atoms with van der Waals surface area (Å²) in [6.45, 7) is 0.667. The number of aromatic nitrogens is 2. The quantitative estimate of drug-likeness (QED) is 0.763. The summed E-state index contributed by atoms with van der Waals surface area (Å²) in [6, 6.07) is 10.4. The van der Waals surface area contributed by atoms with Gasteiger partial charge in [0.15, 0.2) is 0 Å². The molecular formula is C14H12FN3. The van der Waals surface area contributed by atoms with Gasteiger partial charge in [-0.25, -0.2) is 9.37 Å². The monoisotopic (exact) mass is 241 g/mol. The molecule has 0 spiro atoms. The van der Waals surface area contributed by atoms with Crippen LogP contribution in [-0.2, 0) is 6.54 Å². The molecule has 0 aliphatic carbocycles. The van der Waals surface area contributed by atoms with E-state index >= 15 is 0 Å². The number of fused-ring (bicyclic) bond motifs is 1. The second-order valence-electron chi connectivity index (χ2n) is 4.09. The van der Waals surface area contributed by atoms with Crippen LogP contribution in [0.4, 0.5) is 10.1 Å². The zero-order valence-electron chi connectivity index (χ0n) is 9.68. The average Bonchev–Trinajstić information content (AvgIpc) is 2.85. The van der Waals surface area contributed by atoms with Crippen molar-refractivity contribution < 1.29 is 4.39 Å². The summed E-state index contributed by atoms with van der Waals surface area (Å²) in [7, 11) is 0. The molecule has 0 aliphatic heterocycles. The van der Waals surface area contributed by atoms with Crippen molar-refractivity contribution in [2.45, 2.75) is 6.54 Å². The van der Waals surface area contributed by atoms with Gasteiger partial charge >= 0.3 is 0 Å². The van der Waals surface area contributed by atoms with Gasteiger partial charge < -0.3 is 9.72 Å². The molecule has 0 amide bonds. The number of nitrogens with zero attached hydrogens (tertiary/aromatic N) is 2. The molecule has 1 N–H and O–H groups in total. The Morgan fingerprint density at radius 1 is 1.11 bits per heavy atom. The van der Waals surface area contributed by atoms with Crippen molar-refractivity contribution in [1.29, 1.82) is 0 Å². The lowest BCUT2D eigenvalue weighted by molar-refractivity contribution is 0.627. The maximum Gasteiger partial charge on any atom is 0.136 e. The molecule has 4 heteroatoms. The number of hydrogen-bond acceptors (Lipinski definition) is 2. The van der Waals surface area contributed by atoms with Gasteiger partial charge in [-0.15, -0.1) is 0 Å². The molecule has 0 bridgehead atoms. The van der Waals surface area contributed by atoms with E-state index < -0.39 is 0 Å². The first-order valence-electron chi connectivity index (χ1n) is 5.72. The standard InChI is InChI=1S/C14H12FN3/c15-12-3-1-11(2-4-12)9-17-13-5-6-14-16-7-8-18(14)10-13/h1-8,10,17H,9H2. The average molecular weight is 241 g/mol. The van der Waals surface area contributed by atoms with E-state index in [-0.39, 0.29) is 5.82 Å². The Bertz CT molecular complexity index is 658. The van der Waals surface area contributed by atoms with Crippen molar-refractivity contribution >= 4 is 11.3 Å². The number of imidazole rings is 1. The first-order valence-corrected chi connectivity index (χ1v) is 5.72. The molecule has 0 saturated heterocycles. The Morgan fingerprint density at radius 3 is 2.78 bits per heavy atom. The lowest BCUT2D eigenvalue weighted by Gasteiger charge is -2.07. The number of hydrogen-bond donors (Lipinski definition) is 1. The molecule has 18 heavy (non-hydrogen) atoms. The highest BCUT2D eigenvalue weighted by molar-refractivity contribution is 5.50. The smallest absolute Gasteiger partial charge is 0.136 e. The fraction of sp³-hybridized carbons (Fsp3) is 0.0714. The molecule has 3 rings (SSSR count). The Kier molecular flexibility index (Phi) is 2.68. The summed E-state index contributed by atoms with van der Waals surface area (Å²) in [5, 5.41) is 3.29. The Morgan fingerprint density at radius 2 is 1.94 bits per heavy atom.